The molecule has 0 amide bonds. The van der Waals surface area contributed by atoms with Crippen molar-refractivity contribution >= 4 is 29.2 Å². The fourth-order valence-corrected chi connectivity index (χ4v) is 2.34. The van der Waals surface area contributed by atoms with Gasteiger partial charge in [0.2, 0.25) is 0 Å². The molecule has 21 heavy (non-hydrogen) atoms. The normalized spacial score (nSPS) is 10.4. The number of carbonyl (C=O) groups is 1. The molecule has 6 nitrogen and oxygen atoms in total. The highest BCUT2D eigenvalue weighted by Crippen LogP contribution is 2.21. The molecule has 0 radical (unpaired) electrons. The minimum absolute atomic E-state index is 0.0137. The first-order chi connectivity index (χ1) is 9.99. The third kappa shape index (κ3) is 3.82. The van der Waals surface area contributed by atoms with Gasteiger partial charge >= 0.3 is 0 Å². The van der Waals surface area contributed by atoms with E-state index in [2.05, 4.69) is 9.97 Å². The van der Waals surface area contributed by atoms with Crippen LogP contribution in [0.5, 0.6) is 5.75 Å². The van der Waals surface area contributed by atoms with Gasteiger partial charge in [-0.25, -0.2) is 14.4 Å². The Balaban J connectivity index is 2.08. The summed E-state index contributed by atoms with van der Waals surface area (Å²) in [6, 6.07) is 5.48. The van der Waals surface area contributed by atoms with Gasteiger partial charge < -0.3 is 16.2 Å². The number of thioether (sulfide) groups is 1. The lowest BCUT2D eigenvalue weighted by Gasteiger charge is -2.05. The van der Waals surface area contributed by atoms with Gasteiger partial charge in [0.05, 0.1) is 18.4 Å². The first-order valence-electron chi connectivity index (χ1n) is 5.89. The van der Waals surface area contributed by atoms with Crippen molar-refractivity contribution in [2.75, 3.05) is 24.3 Å². The number of rotatable bonds is 5. The molecule has 0 saturated carbocycles. The average molecular weight is 308 g/mol. The molecule has 0 saturated heterocycles. The van der Waals surface area contributed by atoms with E-state index in [1.54, 1.807) is 0 Å². The van der Waals surface area contributed by atoms with Crippen LogP contribution in [0.25, 0.3) is 0 Å². The van der Waals surface area contributed by atoms with E-state index in [4.69, 9.17) is 16.2 Å². The van der Waals surface area contributed by atoms with Crippen molar-refractivity contribution < 1.29 is 13.9 Å². The van der Waals surface area contributed by atoms with Crippen molar-refractivity contribution in [3.05, 3.63) is 35.6 Å². The second-order valence-corrected chi connectivity index (χ2v) is 5.00. The first kappa shape index (κ1) is 15.0. The van der Waals surface area contributed by atoms with E-state index in [0.29, 0.717) is 5.75 Å². The van der Waals surface area contributed by atoms with Gasteiger partial charge in [-0.3, -0.25) is 4.79 Å². The number of nitrogens with zero attached hydrogens (tertiary/aromatic N) is 2. The van der Waals surface area contributed by atoms with Crippen LogP contribution >= 0.6 is 11.8 Å². The molecule has 0 aliphatic carbocycles. The Morgan fingerprint density at radius 3 is 2.52 bits per heavy atom. The topological polar surface area (TPSA) is 104 Å². The molecule has 0 bridgehead atoms. The lowest BCUT2D eigenvalue weighted by molar-refractivity contribution is 0.101. The van der Waals surface area contributed by atoms with E-state index < -0.39 is 5.82 Å². The SMILES string of the molecule is COc1ccc(C(=O)CSc2nc(N)cc(N)n2)c(F)c1. The monoisotopic (exact) mass is 308 g/mol. The number of hydrogen-bond donors (Lipinski definition) is 2. The summed E-state index contributed by atoms with van der Waals surface area (Å²) in [6.45, 7) is 0. The highest BCUT2D eigenvalue weighted by Gasteiger charge is 2.14. The van der Waals surface area contributed by atoms with E-state index in [9.17, 15) is 9.18 Å². The number of ketones is 1. The van der Waals surface area contributed by atoms with E-state index in [0.717, 1.165) is 17.8 Å². The fraction of sp³-hybridized carbons (Fsp3) is 0.154. The molecular formula is C13H13FN4O2S. The first-order valence-corrected chi connectivity index (χ1v) is 6.87. The second kappa shape index (κ2) is 6.40. The molecule has 4 N–H and O–H groups in total. The maximum Gasteiger partial charge on any atom is 0.191 e. The summed E-state index contributed by atoms with van der Waals surface area (Å²) in [5.41, 5.74) is 11.0. The fourth-order valence-electron chi connectivity index (χ4n) is 1.58. The number of Topliss-reactive ketones (excluding diaryl/α,β-unsaturated/α-hetero) is 1. The third-order valence-corrected chi connectivity index (χ3v) is 3.40. The van der Waals surface area contributed by atoms with Gasteiger partial charge in [0.15, 0.2) is 10.9 Å². The predicted molar refractivity (Wildman–Crippen MR) is 78.9 cm³/mol. The Morgan fingerprint density at radius 2 is 1.95 bits per heavy atom. The van der Waals surface area contributed by atoms with Gasteiger partial charge in [0.25, 0.3) is 0 Å². The number of benzene rings is 1. The second-order valence-electron chi connectivity index (χ2n) is 4.06. The zero-order valence-electron chi connectivity index (χ0n) is 11.2. The van der Waals surface area contributed by atoms with Crippen molar-refractivity contribution in [2.24, 2.45) is 0 Å². The zero-order valence-corrected chi connectivity index (χ0v) is 12.0. The van der Waals surface area contributed by atoms with Crippen LogP contribution < -0.4 is 16.2 Å². The van der Waals surface area contributed by atoms with Crippen LogP contribution in [0.15, 0.2) is 29.4 Å². The number of carbonyl (C=O) groups excluding carboxylic acids is 1. The van der Waals surface area contributed by atoms with Crippen LogP contribution in [0.4, 0.5) is 16.0 Å². The smallest absolute Gasteiger partial charge is 0.191 e. The lowest BCUT2D eigenvalue weighted by atomic mass is 10.1. The molecule has 2 rings (SSSR count). The molecule has 8 heteroatoms. The van der Waals surface area contributed by atoms with Crippen LogP contribution in [-0.4, -0.2) is 28.6 Å². The number of nitrogens with two attached hydrogens (primary N) is 2. The van der Waals surface area contributed by atoms with Gasteiger partial charge in [-0.2, -0.15) is 0 Å². The number of hydrogen-bond acceptors (Lipinski definition) is 7. The Morgan fingerprint density at radius 1 is 1.29 bits per heavy atom. The molecule has 0 unspecified atom stereocenters. The molecular weight excluding hydrogens is 295 g/mol. The molecule has 0 atom stereocenters. The van der Waals surface area contributed by atoms with E-state index in [1.807, 2.05) is 0 Å². The number of halogens is 1. The van der Waals surface area contributed by atoms with E-state index >= 15 is 0 Å². The van der Waals surface area contributed by atoms with Crippen LogP contribution in [-0.2, 0) is 0 Å². The predicted octanol–water partition coefficient (Wildman–Crippen LogP) is 1.76. The van der Waals surface area contributed by atoms with Crippen molar-refractivity contribution in [3.63, 3.8) is 0 Å². The van der Waals surface area contributed by atoms with Gasteiger partial charge in [0.1, 0.15) is 23.2 Å². The van der Waals surface area contributed by atoms with Gasteiger partial charge in [0, 0.05) is 12.1 Å². The van der Waals surface area contributed by atoms with Gasteiger partial charge in [-0.15, -0.1) is 0 Å². The summed E-state index contributed by atoms with van der Waals surface area (Å²) in [7, 11) is 1.42. The van der Waals surface area contributed by atoms with Gasteiger partial charge in [-0.05, 0) is 12.1 Å². The molecule has 1 aromatic carbocycles. The Kier molecular flexibility index (Phi) is 4.59. The minimum atomic E-state index is -0.632. The number of ether oxygens (including phenoxy) is 1. The summed E-state index contributed by atoms with van der Waals surface area (Å²) in [5, 5.41) is 0.273. The van der Waals surface area contributed by atoms with E-state index in [1.165, 1.54) is 25.3 Å². The molecule has 0 aliphatic rings. The molecule has 110 valence electrons. The molecule has 0 aliphatic heterocycles. The highest BCUT2D eigenvalue weighted by molar-refractivity contribution is 7.99. The standard InChI is InChI=1S/C13H13FN4O2S/c1-20-7-2-3-8(9(14)4-7)10(19)6-21-13-17-11(15)5-12(16)18-13/h2-5H,6H2,1H3,(H4,15,16,17,18). The molecule has 1 heterocycles. The Bertz CT molecular complexity index is 661. The number of anilines is 2. The Labute approximate surface area is 124 Å². The van der Waals surface area contributed by atoms with Crippen LogP contribution in [0.1, 0.15) is 10.4 Å². The molecule has 2 aromatic rings. The summed E-state index contributed by atoms with van der Waals surface area (Å²) in [5.74, 6) is -0.255. The average Bonchev–Trinajstić information content (AvgIpc) is 2.43. The maximum absolute atomic E-state index is 13.8. The number of nitrogen functional groups attached to an aromatic ring is 2. The maximum atomic E-state index is 13.8. The summed E-state index contributed by atoms with van der Waals surface area (Å²) in [4.78, 5) is 19.9. The summed E-state index contributed by atoms with van der Waals surface area (Å²) in [6.07, 6.45) is 0. The number of methoxy groups -OCH3 is 1. The minimum Gasteiger partial charge on any atom is -0.497 e. The molecule has 0 spiro atoms. The van der Waals surface area contributed by atoms with E-state index in [-0.39, 0.29) is 33.9 Å². The van der Waals surface area contributed by atoms with Crippen LogP contribution in [0.2, 0.25) is 0 Å². The van der Waals surface area contributed by atoms with Crippen molar-refractivity contribution in [2.45, 2.75) is 5.16 Å². The van der Waals surface area contributed by atoms with Crippen molar-refractivity contribution in [1.82, 2.24) is 9.97 Å². The molecule has 1 aromatic heterocycles. The summed E-state index contributed by atoms with van der Waals surface area (Å²) >= 11 is 1.04. The van der Waals surface area contributed by atoms with Gasteiger partial charge in [-0.1, -0.05) is 11.8 Å². The van der Waals surface area contributed by atoms with Crippen LogP contribution in [0.3, 0.4) is 0 Å². The van der Waals surface area contributed by atoms with Crippen LogP contribution in [0, 0.1) is 5.82 Å². The molecule has 0 fully saturated rings. The highest BCUT2D eigenvalue weighted by atomic mass is 32.2. The largest absolute Gasteiger partial charge is 0.497 e. The quantitative estimate of drug-likeness (QED) is 0.492. The van der Waals surface area contributed by atoms with Crippen molar-refractivity contribution in [3.8, 4) is 5.75 Å². The third-order valence-electron chi connectivity index (χ3n) is 2.55. The summed E-state index contributed by atoms with van der Waals surface area (Å²) < 4.78 is 18.6. The van der Waals surface area contributed by atoms with Crippen molar-refractivity contribution in [1.29, 1.82) is 0 Å². The Hall–Kier alpha value is -2.35. The lowest BCUT2D eigenvalue weighted by Crippen LogP contribution is -2.07. The zero-order chi connectivity index (χ0) is 15.4. The number of aromatic nitrogens is 2.